The minimum absolute atomic E-state index is 0.185. The van der Waals surface area contributed by atoms with Crippen molar-refractivity contribution in [1.82, 2.24) is 4.98 Å². The van der Waals surface area contributed by atoms with Crippen LogP contribution < -0.4 is 0 Å². The molecule has 0 N–H and O–H groups in total. The number of nitriles is 1. The van der Waals surface area contributed by atoms with Gasteiger partial charge in [-0.25, -0.2) is 8.78 Å². The summed E-state index contributed by atoms with van der Waals surface area (Å²) >= 11 is 5.23. The number of halogens is 6. The number of hydrogen-bond donors (Lipinski definition) is 0. The van der Waals surface area contributed by atoms with Gasteiger partial charge in [0, 0.05) is 6.20 Å². The van der Waals surface area contributed by atoms with E-state index in [0.29, 0.717) is 0 Å². The van der Waals surface area contributed by atoms with Gasteiger partial charge >= 0.3 is 6.18 Å². The molecule has 0 amide bonds. The minimum atomic E-state index is -4.84. The Morgan fingerprint density at radius 2 is 1.94 bits per heavy atom. The van der Waals surface area contributed by atoms with E-state index in [9.17, 15) is 22.0 Å². The number of aromatic nitrogens is 1. The average molecular weight is 257 g/mol. The van der Waals surface area contributed by atoms with E-state index in [1.54, 1.807) is 0 Å². The molecule has 8 heteroatoms. The van der Waals surface area contributed by atoms with Gasteiger partial charge in [-0.1, -0.05) is 11.6 Å². The lowest BCUT2D eigenvalue weighted by Crippen LogP contribution is -2.09. The third-order valence-corrected chi connectivity index (χ3v) is 2.06. The van der Waals surface area contributed by atoms with Crippen molar-refractivity contribution in [1.29, 1.82) is 5.26 Å². The van der Waals surface area contributed by atoms with Crippen molar-refractivity contribution in [3.05, 3.63) is 28.0 Å². The van der Waals surface area contributed by atoms with Gasteiger partial charge in [-0.3, -0.25) is 4.98 Å². The maximum absolute atomic E-state index is 12.3. The van der Waals surface area contributed by atoms with E-state index in [2.05, 4.69) is 4.98 Å². The summed E-state index contributed by atoms with van der Waals surface area (Å²) in [5.41, 5.74) is -3.41. The number of hydrogen-bond acceptors (Lipinski definition) is 2. The second-order valence-corrected chi connectivity index (χ2v) is 3.03. The Balaban J connectivity index is 3.49. The molecule has 86 valence electrons. The van der Waals surface area contributed by atoms with E-state index in [1.807, 2.05) is 0 Å². The van der Waals surface area contributed by atoms with Crippen molar-refractivity contribution in [2.24, 2.45) is 0 Å². The smallest absolute Gasteiger partial charge is 0.253 e. The van der Waals surface area contributed by atoms with Crippen molar-refractivity contribution in [3.8, 4) is 6.07 Å². The molecule has 0 aliphatic rings. The monoisotopic (exact) mass is 256 g/mol. The van der Waals surface area contributed by atoms with E-state index < -0.39 is 34.4 Å². The molecular weight excluding hydrogens is 255 g/mol. The standard InChI is InChI=1S/C8H2ClF5N2/c9-5-3(1-15)6(7(10)11)16-2-4(5)8(12,13)14/h2,7H. The van der Waals surface area contributed by atoms with Crippen LogP contribution in [-0.2, 0) is 6.18 Å². The Morgan fingerprint density at radius 1 is 1.38 bits per heavy atom. The molecule has 0 spiro atoms. The average Bonchev–Trinajstić information content (AvgIpc) is 2.14. The first-order valence-electron chi connectivity index (χ1n) is 3.73. The first-order valence-corrected chi connectivity index (χ1v) is 4.10. The van der Waals surface area contributed by atoms with Gasteiger partial charge in [-0.15, -0.1) is 0 Å². The topological polar surface area (TPSA) is 36.7 Å². The summed E-state index contributed by atoms with van der Waals surface area (Å²) in [5, 5.41) is 7.41. The maximum Gasteiger partial charge on any atom is 0.419 e. The van der Waals surface area contributed by atoms with Crippen molar-refractivity contribution < 1.29 is 22.0 Å². The van der Waals surface area contributed by atoms with Gasteiger partial charge in [0.05, 0.1) is 16.1 Å². The predicted molar refractivity (Wildman–Crippen MR) is 43.9 cm³/mol. The molecular formula is C8H2ClF5N2. The summed E-state index contributed by atoms with van der Waals surface area (Å²) in [6, 6.07) is 1.18. The number of pyridine rings is 1. The highest BCUT2D eigenvalue weighted by atomic mass is 35.5. The fourth-order valence-electron chi connectivity index (χ4n) is 0.972. The SMILES string of the molecule is N#Cc1c(C(F)F)ncc(C(F)(F)F)c1Cl. The van der Waals surface area contributed by atoms with Crippen LogP contribution in [0.4, 0.5) is 22.0 Å². The van der Waals surface area contributed by atoms with Crippen LogP contribution in [-0.4, -0.2) is 4.98 Å². The molecule has 0 radical (unpaired) electrons. The lowest BCUT2D eigenvalue weighted by atomic mass is 10.1. The van der Waals surface area contributed by atoms with Crippen LogP contribution in [0.3, 0.4) is 0 Å². The molecule has 2 nitrogen and oxygen atoms in total. The molecule has 0 aliphatic carbocycles. The highest BCUT2D eigenvalue weighted by molar-refractivity contribution is 6.32. The molecule has 16 heavy (non-hydrogen) atoms. The van der Waals surface area contributed by atoms with E-state index >= 15 is 0 Å². The second-order valence-electron chi connectivity index (χ2n) is 2.66. The van der Waals surface area contributed by atoms with Crippen LogP contribution >= 0.6 is 11.6 Å². The van der Waals surface area contributed by atoms with E-state index in [4.69, 9.17) is 16.9 Å². The minimum Gasteiger partial charge on any atom is -0.253 e. The van der Waals surface area contributed by atoms with Crippen molar-refractivity contribution in [2.75, 3.05) is 0 Å². The van der Waals surface area contributed by atoms with Crippen LogP contribution in [0, 0.1) is 11.3 Å². The largest absolute Gasteiger partial charge is 0.419 e. The van der Waals surface area contributed by atoms with Gasteiger partial charge < -0.3 is 0 Å². The summed E-state index contributed by atoms with van der Waals surface area (Å²) < 4.78 is 61.4. The van der Waals surface area contributed by atoms with Gasteiger partial charge in [-0.2, -0.15) is 18.4 Å². The lowest BCUT2D eigenvalue weighted by molar-refractivity contribution is -0.137. The van der Waals surface area contributed by atoms with Gasteiger partial charge in [-0.05, 0) is 0 Å². The fourth-order valence-corrected chi connectivity index (χ4v) is 1.27. The lowest BCUT2D eigenvalue weighted by Gasteiger charge is -2.11. The molecule has 0 fully saturated rings. The van der Waals surface area contributed by atoms with Crippen molar-refractivity contribution >= 4 is 11.6 Å². The molecule has 1 aromatic rings. The zero-order valence-electron chi connectivity index (χ0n) is 7.32. The molecule has 1 rings (SSSR count). The third kappa shape index (κ3) is 2.22. The predicted octanol–water partition coefficient (Wildman–Crippen LogP) is 3.56. The van der Waals surface area contributed by atoms with Gasteiger partial charge in [0.1, 0.15) is 11.8 Å². The fraction of sp³-hybridized carbons (Fsp3) is 0.250. The highest BCUT2D eigenvalue weighted by Gasteiger charge is 2.36. The first kappa shape index (κ1) is 12.6. The van der Waals surface area contributed by atoms with Crippen LogP contribution in [0.15, 0.2) is 6.20 Å². The van der Waals surface area contributed by atoms with E-state index in [-0.39, 0.29) is 6.20 Å². The zero-order valence-corrected chi connectivity index (χ0v) is 8.07. The zero-order chi connectivity index (χ0) is 12.5. The number of rotatable bonds is 1. The molecule has 0 aliphatic heterocycles. The second kappa shape index (κ2) is 4.22. The maximum atomic E-state index is 12.3. The summed E-state index contributed by atoms with van der Waals surface area (Å²) in [6.07, 6.45) is -7.81. The number of alkyl halides is 5. The van der Waals surface area contributed by atoms with Crippen LogP contribution in [0.2, 0.25) is 5.02 Å². The molecule has 0 saturated heterocycles. The Hall–Kier alpha value is -1.42. The van der Waals surface area contributed by atoms with E-state index in [1.165, 1.54) is 6.07 Å². The molecule has 0 atom stereocenters. The summed E-state index contributed by atoms with van der Waals surface area (Å²) in [5.74, 6) is 0. The van der Waals surface area contributed by atoms with Crippen LogP contribution in [0.1, 0.15) is 23.2 Å². The summed E-state index contributed by atoms with van der Waals surface area (Å²) in [7, 11) is 0. The Labute approximate surface area is 91.3 Å². The quantitative estimate of drug-likeness (QED) is 0.720. The Kier molecular flexibility index (Phi) is 3.33. The van der Waals surface area contributed by atoms with Gasteiger partial charge in [0.2, 0.25) is 0 Å². The van der Waals surface area contributed by atoms with Crippen molar-refractivity contribution in [2.45, 2.75) is 12.6 Å². The van der Waals surface area contributed by atoms with Crippen LogP contribution in [0.5, 0.6) is 0 Å². The first-order chi connectivity index (χ1) is 7.29. The molecule has 0 aromatic carbocycles. The third-order valence-electron chi connectivity index (χ3n) is 1.67. The number of nitrogens with zero attached hydrogens (tertiary/aromatic N) is 2. The molecule has 1 aromatic heterocycles. The van der Waals surface area contributed by atoms with Crippen LogP contribution in [0.25, 0.3) is 0 Å². The summed E-state index contributed by atoms with van der Waals surface area (Å²) in [4.78, 5) is 2.90. The molecule has 0 saturated carbocycles. The van der Waals surface area contributed by atoms with E-state index in [0.717, 1.165) is 0 Å². The highest BCUT2D eigenvalue weighted by Crippen LogP contribution is 2.37. The summed E-state index contributed by atoms with van der Waals surface area (Å²) in [6.45, 7) is 0. The normalized spacial score (nSPS) is 11.6. The molecule has 1 heterocycles. The van der Waals surface area contributed by atoms with Crippen molar-refractivity contribution in [3.63, 3.8) is 0 Å². The van der Waals surface area contributed by atoms with Gasteiger partial charge in [0.15, 0.2) is 0 Å². The van der Waals surface area contributed by atoms with Gasteiger partial charge in [0.25, 0.3) is 6.43 Å². The Bertz CT molecular complexity index is 449. The Morgan fingerprint density at radius 3 is 2.31 bits per heavy atom. The molecule has 0 unspecified atom stereocenters. The molecule has 0 bridgehead atoms.